The quantitative estimate of drug-likeness (QED) is 0.842. The lowest BCUT2D eigenvalue weighted by Crippen LogP contribution is -2.47. The molecule has 6 nitrogen and oxygen atoms in total. The fourth-order valence-corrected chi connectivity index (χ4v) is 3.93. The van der Waals surface area contributed by atoms with Crippen molar-refractivity contribution in [1.82, 2.24) is 14.7 Å². The van der Waals surface area contributed by atoms with Gasteiger partial charge < -0.3 is 10.0 Å². The van der Waals surface area contributed by atoms with Crippen LogP contribution in [0.1, 0.15) is 36.1 Å². The van der Waals surface area contributed by atoms with Gasteiger partial charge in [-0.3, -0.25) is 9.48 Å². The van der Waals surface area contributed by atoms with Gasteiger partial charge in [0, 0.05) is 38.3 Å². The van der Waals surface area contributed by atoms with Crippen LogP contribution >= 0.6 is 0 Å². The Labute approximate surface area is 167 Å². The summed E-state index contributed by atoms with van der Waals surface area (Å²) in [5, 5.41) is 15.3. The lowest BCUT2D eigenvalue weighted by atomic mass is 9.84. The van der Waals surface area contributed by atoms with Crippen molar-refractivity contribution in [2.45, 2.75) is 31.8 Å². The maximum atomic E-state index is 13.6. The van der Waals surface area contributed by atoms with Crippen LogP contribution in [0.25, 0.3) is 5.70 Å². The first kappa shape index (κ1) is 19.4. The number of nitrogens with zero attached hydrogens (tertiary/aromatic N) is 4. The molecule has 2 aliphatic heterocycles. The van der Waals surface area contributed by atoms with E-state index in [0.717, 1.165) is 23.4 Å². The van der Waals surface area contributed by atoms with Crippen LogP contribution in [-0.2, 0) is 17.4 Å². The third-order valence-corrected chi connectivity index (χ3v) is 5.59. The first-order valence-corrected chi connectivity index (χ1v) is 9.52. The van der Waals surface area contributed by atoms with Crippen molar-refractivity contribution in [3.05, 3.63) is 58.9 Å². The van der Waals surface area contributed by atoms with Crippen molar-refractivity contribution < 1.29 is 18.7 Å². The number of halogens is 2. The van der Waals surface area contributed by atoms with E-state index in [1.54, 1.807) is 10.8 Å². The van der Waals surface area contributed by atoms with Crippen molar-refractivity contribution in [3.8, 4) is 0 Å². The summed E-state index contributed by atoms with van der Waals surface area (Å²) in [6, 6.07) is 3.47. The van der Waals surface area contributed by atoms with Gasteiger partial charge in [-0.15, -0.1) is 0 Å². The molecule has 0 saturated carbocycles. The minimum Gasteiger partial charge on any atom is -0.385 e. The molecule has 8 heteroatoms. The van der Waals surface area contributed by atoms with Crippen LogP contribution in [0, 0.1) is 18.6 Å². The molecule has 2 aromatic rings. The standard InChI is InChI=1S/C21H22F2N4O2/c1-13-15(12-26(2)25-13)18-5-6-19(28)20(24-18)27-9-7-21(29,8-10-27)14-3-4-16(22)17(23)11-14/h3-5,11-12,29H,6-10H2,1-2H3. The smallest absolute Gasteiger partial charge is 0.201 e. The number of aromatic nitrogens is 2. The maximum absolute atomic E-state index is 13.6. The molecular formula is C21H22F2N4O2. The second-order valence-electron chi connectivity index (χ2n) is 7.60. The highest BCUT2D eigenvalue weighted by molar-refractivity contribution is 6.40. The van der Waals surface area contributed by atoms with Crippen molar-refractivity contribution >= 4 is 17.3 Å². The number of aliphatic imine (C=N–C) groups is 1. The number of piperidine rings is 1. The van der Waals surface area contributed by atoms with E-state index in [2.05, 4.69) is 10.1 Å². The molecular weight excluding hydrogens is 378 g/mol. The van der Waals surface area contributed by atoms with Gasteiger partial charge in [-0.25, -0.2) is 13.8 Å². The number of aliphatic hydroxyl groups is 1. The molecule has 1 aromatic carbocycles. The Morgan fingerprint density at radius 1 is 1.17 bits per heavy atom. The molecule has 0 aliphatic carbocycles. The Morgan fingerprint density at radius 2 is 1.90 bits per heavy atom. The number of Topliss-reactive ketones (excluding diaryl/α,β-unsaturated/α-hetero) is 1. The van der Waals surface area contributed by atoms with Gasteiger partial charge in [0.15, 0.2) is 17.5 Å². The molecule has 0 spiro atoms. The zero-order valence-electron chi connectivity index (χ0n) is 16.3. The average molecular weight is 400 g/mol. The van der Waals surface area contributed by atoms with E-state index in [4.69, 9.17) is 0 Å². The van der Waals surface area contributed by atoms with E-state index in [1.165, 1.54) is 6.07 Å². The lowest BCUT2D eigenvalue weighted by Gasteiger charge is -2.40. The number of allylic oxidation sites excluding steroid dienone is 1. The fraction of sp³-hybridized carbons (Fsp3) is 0.381. The molecule has 4 rings (SSSR count). The summed E-state index contributed by atoms with van der Waals surface area (Å²) in [6.07, 6.45) is 4.50. The van der Waals surface area contributed by atoms with E-state index in [1.807, 2.05) is 25.1 Å². The van der Waals surface area contributed by atoms with Gasteiger partial charge in [-0.05, 0) is 37.5 Å². The summed E-state index contributed by atoms with van der Waals surface area (Å²) < 4.78 is 28.5. The highest BCUT2D eigenvalue weighted by atomic mass is 19.2. The number of carbonyl (C=O) groups is 1. The predicted octanol–water partition coefficient (Wildman–Crippen LogP) is 2.70. The lowest BCUT2D eigenvalue weighted by molar-refractivity contribution is -0.113. The van der Waals surface area contributed by atoms with Gasteiger partial charge in [0.1, 0.15) is 0 Å². The molecule has 0 amide bonds. The molecule has 1 aromatic heterocycles. The molecule has 3 heterocycles. The van der Waals surface area contributed by atoms with Crippen molar-refractivity contribution in [1.29, 1.82) is 0 Å². The molecule has 0 radical (unpaired) electrons. The Hall–Kier alpha value is -2.87. The number of likely N-dealkylation sites (tertiary alicyclic amines) is 1. The Kier molecular flexibility index (Phi) is 4.82. The molecule has 0 atom stereocenters. The molecule has 1 saturated heterocycles. The minimum absolute atomic E-state index is 0.0754. The number of hydrogen-bond donors (Lipinski definition) is 1. The number of aryl methyl sites for hydroxylation is 2. The summed E-state index contributed by atoms with van der Waals surface area (Å²) in [7, 11) is 1.83. The topological polar surface area (TPSA) is 70.7 Å². The third kappa shape index (κ3) is 3.60. The number of ketones is 1. The summed E-state index contributed by atoms with van der Waals surface area (Å²) in [5.41, 5.74) is 1.52. The van der Waals surface area contributed by atoms with Gasteiger partial charge in [-0.2, -0.15) is 5.10 Å². The normalized spacial score (nSPS) is 19.2. The Morgan fingerprint density at radius 3 is 2.52 bits per heavy atom. The van der Waals surface area contributed by atoms with Crippen molar-refractivity contribution in [2.75, 3.05) is 13.1 Å². The van der Waals surface area contributed by atoms with E-state index in [-0.39, 0.29) is 25.0 Å². The molecule has 1 fully saturated rings. The van der Waals surface area contributed by atoms with Crippen LogP contribution in [0.5, 0.6) is 0 Å². The van der Waals surface area contributed by atoms with Gasteiger partial charge in [0.25, 0.3) is 0 Å². The third-order valence-electron chi connectivity index (χ3n) is 5.59. The van der Waals surface area contributed by atoms with E-state index < -0.39 is 17.2 Å². The van der Waals surface area contributed by atoms with Crippen LogP contribution in [0.4, 0.5) is 8.78 Å². The van der Waals surface area contributed by atoms with Crippen LogP contribution in [0.15, 0.2) is 35.5 Å². The average Bonchev–Trinajstić information content (AvgIpc) is 3.03. The molecule has 0 unspecified atom stereocenters. The van der Waals surface area contributed by atoms with E-state index in [9.17, 15) is 18.7 Å². The second kappa shape index (κ2) is 7.18. The van der Waals surface area contributed by atoms with Crippen molar-refractivity contribution in [3.63, 3.8) is 0 Å². The van der Waals surface area contributed by atoms with Gasteiger partial charge in [-0.1, -0.05) is 12.1 Å². The first-order chi connectivity index (χ1) is 13.8. The molecule has 1 N–H and O–H groups in total. The van der Waals surface area contributed by atoms with E-state index in [0.29, 0.717) is 30.2 Å². The zero-order chi connectivity index (χ0) is 20.8. The Balaban J connectivity index is 1.54. The van der Waals surface area contributed by atoms with Crippen LogP contribution < -0.4 is 0 Å². The molecule has 152 valence electrons. The maximum Gasteiger partial charge on any atom is 0.201 e. The summed E-state index contributed by atoms with van der Waals surface area (Å²) >= 11 is 0. The second-order valence-corrected chi connectivity index (χ2v) is 7.60. The number of rotatable bonds is 2. The summed E-state index contributed by atoms with van der Waals surface area (Å²) in [5.74, 6) is -1.62. The highest BCUT2D eigenvalue weighted by Crippen LogP contribution is 2.34. The Bertz CT molecular complexity index is 1030. The summed E-state index contributed by atoms with van der Waals surface area (Å²) in [4.78, 5) is 18.9. The fourth-order valence-electron chi connectivity index (χ4n) is 3.93. The van der Waals surface area contributed by atoms with Crippen molar-refractivity contribution in [2.24, 2.45) is 12.0 Å². The largest absolute Gasteiger partial charge is 0.385 e. The van der Waals surface area contributed by atoms with Gasteiger partial charge in [0.2, 0.25) is 5.78 Å². The SMILES string of the molecule is Cc1nn(C)cc1C1=CCC(=O)C(N2CCC(O)(c3ccc(F)c(F)c3)CC2)=N1. The number of hydrogen-bond acceptors (Lipinski definition) is 5. The highest BCUT2D eigenvalue weighted by Gasteiger charge is 2.37. The molecule has 2 aliphatic rings. The minimum atomic E-state index is -1.26. The van der Waals surface area contributed by atoms with Crippen LogP contribution in [0.2, 0.25) is 0 Å². The molecule has 29 heavy (non-hydrogen) atoms. The predicted molar refractivity (Wildman–Crippen MR) is 104 cm³/mol. The summed E-state index contributed by atoms with van der Waals surface area (Å²) in [6.45, 7) is 2.67. The monoisotopic (exact) mass is 400 g/mol. The van der Waals surface area contributed by atoms with E-state index >= 15 is 0 Å². The number of amidine groups is 1. The van der Waals surface area contributed by atoms with Gasteiger partial charge >= 0.3 is 0 Å². The van der Waals surface area contributed by atoms with Gasteiger partial charge in [0.05, 0.1) is 17.0 Å². The van der Waals surface area contributed by atoms with Crippen LogP contribution in [-0.4, -0.2) is 44.5 Å². The first-order valence-electron chi connectivity index (χ1n) is 9.52. The zero-order valence-corrected chi connectivity index (χ0v) is 16.3. The van der Waals surface area contributed by atoms with Crippen LogP contribution in [0.3, 0.4) is 0 Å². The number of carbonyl (C=O) groups excluding carboxylic acids is 1. The molecule has 0 bridgehead atoms. The number of benzene rings is 1.